The number of carbonyl (C=O) groups is 1. The molecule has 0 aliphatic carbocycles. The van der Waals surface area contributed by atoms with E-state index in [1.165, 1.54) is 0 Å². The van der Waals surface area contributed by atoms with Gasteiger partial charge in [-0.2, -0.15) is 5.26 Å². The normalized spacial score (nSPS) is 28.4. The Morgan fingerprint density at radius 1 is 1.36 bits per heavy atom. The number of urea groups is 1. The first-order chi connectivity index (χ1) is 12.0. The number of ether oxygens (including phenoxy) is 1. The van der Waals surface area contributed by atoms with E-state index in [0.717, 1.165) is 25.0 Å². The van der Waals surface area contributed by atoms with Crippen LogP contribution < -0.4 is 5.32 Å². The van der Waals surface area contributed by atoms with Gasteiger partial charge in [-0.1, -0.05) is 30.3 Å². The van der Waals surface area contributed by atoms with Crippen LogP contribution in [0, 0.1) is 23.2 Å². The fourth-order valence-corrected chi connectivity index (χ4v) is 4.01. The number of nitriles is 1. The number of hydrogen-bond acceptors (Lipinski definition) is 3. The van der Waals surface area contributed by atoms with Gasteiger partial charge in [-0.25, -0.2) is 4.79 Å². The number of nitrogens with zero attached hydrogens (tertiary/aromatic N) is 2. The minimum Gasteiger partial charge on any atom is -0.376 e. The minimum atomic E-state index is -0.143. The van der Waals surface area contributed by atoms with Crippen molar-refractivity contribution in [1.29, 1.82) is 5.26 Å². The summed E-state index contributed by atoms with van der Waals surface area (Å²) in [5.74, 6) is 0.404. The molecule has 25 heavy (non-hydrogen) atoms. The molecule has 5 heteroatoms. The Balaban J connectivity index is 1.55. The van der Waals surface area contributed by atoms with Crippen molar-refractivity contribution in [2.45, 2.75) is 38.2 Å². The van der Waals surface area contributed by atoms with Crippen LogP contribution in [0.1, 0.15) is 38.2 Å². The van der Waals surface area contributed by atoms with Crippen LogP contribution in [0.25, 0.3) is 0 Å². The van der Waals surface area contributed by atoms with E-state index in [2.05, 4.69) is 25.2 Å². The molecule has 0 spiro atoms. The third-order valence-electron chi connectivity index (χ3n) is 5.34. The summed E-state index contributed by atoms with van der Waals surface area (Å²) < 4.78 is 5.73. The SMILES string of the molecule is CC1(C)CC(CNC(=O)N2C[C@@H](C#N)[C@H](c3ccccc3)C2)CCO1. The van der Waals surface area contributed by atoms with E-state index >= 15 is 0 Å². The van der Waals surface area contributed by atoms with Gasteiger partial charge in [-0.15, -0.1) is 0 Å². The zero-order chi connectivity index (χ0) is 17.9. The lowest BCUT2D eigenvalue weighted by Crippen LogP contribution is -2.43. The molecule has 2 amide bonds. The van der Waals surface area contributed by atoms with E-state index in [9.17, 15) is 10.1 Å². The van der Waals surface area contributed by atoms with Gasteiger partial charge in [0.15, 0.2) is 0 Å². The number of rotatable bonds is 3. The fraction of sp³-hybridized carbons (Fsp3) is 0.600. The van der Waals surface area contributed by atoms with Crippen molar-refractivity contribution in [3.63, 3.8) is 0 Å². The Morgan fingerprint density at radius 3 is 2.80 bits per heavy atom. The summed E-state index contributed by atoms with van der Waals surface area (Å²) in [4.78, 5) is 14.3. The lowest BCUT2D eigenvalue weighted by atomic mass is 9.88. The first-order valence-electron chi connectivity index (χ1n) is 9.10. The highest BCUT2D eigenvalue weighted by Gasteiger charge is 2.36. The Bertz CT molecular complexity index is 638. The lowest BCUT2D eigenvalue weighted by Gasteiger charge is -2.35. The summed E-state index contributed by atoms with van der Waals surface area (Å²) in [6.45, 7) is 6.74. The summed E-state index contributed by atoms with van der Waals surface area (Å²) >= 11 is 0. The highest BCUT2D eigenvalue weighted by atomic mass is 16.5. The molecule has 3 atom stereocenters. The number of benzene rings is 1. The molecule has 0 bridgehead atoms. The summed E-state index contributed by atoms with van der Waals surface area (Å²) in [5, 5.41) is 12.5. The van der Waals surface area contributed by atoms with Crippen molar-refractivity contribution < 1.29 is 9.53 Å². The molecule has 0 radical (unpaired) electrons. The van der Waals surface area contributed by atoms with Crippen molar-refractivity contribution in [2.24, 2.45) is 11.8 Å². The van der Waals surface area contributed by atoms with E-state index in [1.54, 1.807) is 4.90 Å². The number of nitrogens with one attached hydrogen (secondary N) is 1. The number of likely N-dealkylation sites (tertiary alicyclic amines) is 1. The molecule has 2 aliphatic rings. The number of amides is 2. The van der Waals surface area contributed by atoms with Gasteiger partial charge in [0.2, 0.25) is 0 Å². The Kier molecular flexibility index (Phi) is 5.29. The van der Waals surface area contributed by atoms with E-state index in [-0.39, 0.29) is 23.5 Å². The van der Waals surface area contributed by atoms with Crippen molar-refractivity contribution >= 4 is 6.03 Å². The third-order valence-corrected chi connectivity index (χ3v) is 5.34. The fourth-order valence-electron chi connectivity index (χ4n) is 4.01. The van der Waals surface area contributed by atoms with Gasteiger partial charge in [0.1, 0.15) is 0 Å². The van der Waals surface area contributed by atoms with Crippen LogP contribution in [0.3, 0.4) is 0 Å². The summed E-state index contributed by atoms with van der Waals surface area (Å²) in [6, 6.07) is 12.3. The average Bonchev–Trinajstić information content (AvgIpc) is 3.04. The maximum atomic E-state index is 12.6. The molecule has 134 valence electrons. The van der Waals surface area contributed by atoms with Gasteiger partial charge in [0.25, 0.3) is 0 Å². The minimum absolute atomic E-state index is 0.0528. The van der Waals surface area contributed by atoms with Crippen LogP contribution in [-0.2, 0) is 4.74 Å². The van der Waals surface area contributed by atoms with Gasteiger partial charge in [-0.3, -0.25) is 0 Å². The van der Waals surface area contributed by atoms with Crippen molar-refractivity contribution in [3.05, 3.63) is 35.9 Å². The average molecular weight is 341 g/mol. The molecule has 2 aliphatic heterocycles. The van der Waals surface area contributed by atoms with Crippen molar-refractivity contribution in [2.75, 3.05) is 26.2 Å². The topological polar surface area (TPSA) is 65.4 Å². The molecular weight excluding hydrogens is 314 g/mol. The van der Waals surface area contributed by atoms with Gasteiger partial charge in [-0.05, 0) is 38.2 Å². The van der Waals surface area contributed by atoms with Gasteiger partial charge in [0.05, 0.1) is 17.6 Å². The van der Waals surface area contributed by atoms with E-state index < -0.39 is 0 Å². The molecule has 2 saturated heterocycles. The Morgan fingerprint density at radius 2 is 2.12 bits per heavy atom. The second kappa shape index (κ2) is 7.45. The molecule has 3 rings (SSSR count). The van der Waals surface area contributed by atoms with E-state index in [0.29, 0.717) is 25.6 Å². The molecule has 2 heterocycles. The lowest BCUT2D eigenvalue weighted by molar-refractivity contribution is -0.0715. The second-order valence-electron chi connectivity index (χ2n) is 7.81. The summed E-state index contributed by atoms with van der Waals surface area (Å²) in [7, 11) is 0. The molecule has 1 unspecified atom stereocenters. The first kappa shape index (κ1) is 17.8. The molecule has 1 aromatic carbocycles. The monoisotopic (exact) mass is 341 g/mol. The van der Waals surface area contributed by atoms with Crippen molar-refractivity contribution in [3.8, 4) is 6.07 Å². The third kappa shape index (κ3) is 4.32. The standard InChI is InChI=1S/C20H27N3O2/c1-20(2)10-15(8-9-25-20)12-22-19(24)23-13-17(11-21)18(14-23)16-6-4-3-5-7-16/h3-7,15,17-18H,8-10,12-14H2,1-2H3,(H,22,24)/t15?,17-,18+/m1/s1. The van der Waals surface area contributed by atoms with Crippen LogP contribution in [0.5, 0.6) is 0 Å². The largest absolute Gasteiger partial charge is 0.376 e. The quantitative estimate of drug-likeness (QED) is 0.918. The van der Waals surface area contributed by atoms with Gasteiger partial charge >= 0.3 is 6.03 Å². The van der Waals surface area contributed by atoms with Crippen LogP contribution in [0.15, 0.2) is 30.3 Å². The van der Waals surface area contributed by atoms with Crippen LogP contribution >= 0.6 is 0 Å². The maximum Gasteiger partial charge on any atom is 0.317 e. The predicted molar refractivity (Wildman–Crippen MR) is 96.0 cm³/mol. The predicted octanol–water partition coefficient (Wildman–Crippen LogP) is 3.14. The molecule has 2 fully saturated rings. The molecule has 1 aromatic rings. The first-order valence-corrected chi connectivity index (χ1v) is 9.10. The highest BCUT2D eigenvalue weighted by molar-refractivity contribution is 5.74. The van der Waals surface area contributed by atoms with Gasteiger partial charge < -0.3 is 15.0 Å². The highest BCUT2D eigenvalue weighted by Crippen LogP contribution is 2.32. The van der Waals surface area contributed by atoms with E-state index in [4.69, 9.17) is 4.74 Å². The molecular formula is C20H27N3O2. The molecule has 0 saturated carbocycles. The van der Waals surface area contributed by atoms with Crippen LogP contribution in [0.4, 0.5) is 4.79 Å². The molecule has 0 aromatic heterocycles. The van der Waals surface area contributed by atoms with Crippen molar-refractivity contribution in [1.82, 2.24) is 10.2 Å². The second-order valence-corrected chi connectivity index (χ2v) is 7.81. The Labute approximate surface area is 150 Å². The Hall–Kier alpha value is -2.06. The molecule has 5 nitrogen and oxygen atoms in total. The summed E-state index contributed by atoms with van der Waals surface area (Å²) in [5.41, 5.74) is 1.03. The van der Waals surface area contributed by atoms with Gasteiger partial charge in [0, 0.05) is 32.2 Å². The smallest absolute Gasteiger partial charge is 0.317 e. The molecule has 1 N–H and O–H groups in total. The van der Waals surface area contributed by atoms with Crippen LogP contribution in [0.2, 0.25) is 0 Å². The van der Waals surface area contributed by atoms with E-state index in [1.807, 2.05) is 30.3 Å². The number of hydrogen-bond donors (Lipinski definition) is 1. The zero-order valence-corrected chi connectivity index (χ0v) is 15.1. The maximum absolute atomic E-state index is 12.6. The number of carbonyl (C=O) groups excluding carboxylic acids is 1. The zero-order valence-electron chi connectivity index (χ0n) is 15.1. The van der Waals surface area contributed by atoms with Crippen LogP contribution in [-0.4, -0.2) is 42.8 Å². The summed E-state index contributed by atoms with van der Waals surface area (Å²) in [6.07, 6.45) is 1.94.